The van der Waals surface area contributed by atoms with E-state index in [1.165, 1.54) is 11.1 Å². The fraction of sp³-hybridized carbons (Fsp3) is 0.294. The molecule has 0 aliphatic carbocycles. The van der Waals surface area contributed by atoms with Crippen LogP contribution in [0.3, 0.4) is 0 Å². The van der Waals surface area contributed by atoms with Gasteiger partial charge in [-0.25, -0.2) is 0 Å². The molecule has 1 N–H and O–H groups in total. The van der Waals surface area contributed by atoms with Crippen LogP contribution in [0, 0.1) is 0 Å². The number of hydrogen-bond donors (Lipinski definition) is 1. The van der Waals surface area contributed by atoms with E-state index in [0.29, 0.717) is 12.1 Å². The summed E-state index contributed by atoms with van der Waals surface area (Å²) in [6.45, 7) is 4.42. The van der Waals surface area contributed by atoms with E-state index < -0.39 is 0 Å². The predicted octanol–water partition coefficient (Wildman–Crippen LogP) is 6.01. The van der Waals surface area contributed by atoms with Crippen molar-refractivity contribution in [3.63, 3.8) is 0 Å². The first kappa shape index (κ1) is 15.7. The van der Waals surface area contributed by atoms with E-state index in [-0.39, 0.29) is 0 Å². The topological polar surface area (TPSA) is 12.0 Å². The highest BCUT2D eigenvalue weighted by molar-refractivity contribution is 9.10. The Morgan fingerprint density at radius 1 is 1.05 bits per heavy atom. The predicted molar refractivity (Wildman–Crippen MR) is 92.9 cm³/mol. The van der Waals surface area contributed by atoms with Gasteiger partial charge >= 0.3 is 0 Å². The molecule has 0 radical (unpaired) electrons. The molecule has 0 fully saturated rings. The van der Waals surface area contributed by atoms with Crippen LogP contribution in [-0.4, -0.2) is 0 Å². The Morgan fingerprint density at radius 2 is 1.80 bits per heavy atom. The van der Waals surface area contributed by atoms with Gasteiger partial charge in [0.1, 0.15) is 0 Å². The first-order chi connectivity index (χ1) is 9.61. The number of benzene rings is 2. The van der Waals surface area contributed by atoms with E-state index >= 15 is 0 Å². The molecule has 2 atom stereocenters. The van der Waals surface area contributed by atoms with Crippen LogP contribution >= 0.6 is 31.9 Å². The molecule has 3 heteroatoms. The van der Waals surface area contributed by atoms with Gasteiger partial charge in [-0.2, -0.15) is 0 Å². The minimum Gasteiger partial charge on any atom is -0.303 e. The van der Waals surface area contributed by atoms with Crippen LogP contribution in [0.4, 0.5) is 0 Å². The fourth-order valence-corrected chi connectivity index (χ4v) is 3.44. The van der Waals surface area contributed by atoms with Gasteiger partial charge in [-0.3, -0.25) is 0 Å². The Balaban J connectivity index is 2.16. The van der Waals surface area contributed by atoms with Gasteiger partial charge in [-0.15, -0.1) is 0 Å². The van der Waals surface area contributed by atoms with E-state index in [1.54, 1.807) is 0 Å². The molecule has 0 aromatic heterocycles. The molecule has 2 unspecified atom stereocenters. The van der Waals surface area contributed by atoms with Crippen LogP contribution in [0.5, 0.6) is 0 Å². The Bertz CT molecular complexity index is 568. The molecule has 2 aromatic carbocycles. The van der Waals surface area contributed by atoms with Gasteiger partial charge < -0.3 is 5.32 Å². The van der Waals surface area contributed by atoms with Crippen LogP contribution in [0.25, 0.3) is 0 Å². The van der Waals surface area contributed by atoms with Gasteiger partial charge in [0.25, 0.3) is 0 Å². The molecular formula is C17H19Br2N. The highest BCUT2D eigenvalue weighted by atomic mass is 79.9. The number of rotatable bonds is 5. The van der Waals surface area contributed by atoms with Gasteiger partial charge in [0.2, 0.25) is 0 Å². The largest absolute Gasteiger partial charge is 0.303 e. The zero-order valence-corrected chi connectivity index (χ0v) is 14.9. The maximum atomic E-state index is 3.72. The summed E-state index contributed by atoms with van der Waals surface area (Å²) >= 11 is 7.18. The van der Waals surface area contributed by atoms with Crippen molar-refractivity contribution >= 4 is 31.9 Å². The summed E-state index contributed by atoms with van der Waals surface area (Å²) in [5.41, 5.74) is 2.61. The fourth-order valence-electron chi connectivity index (χ4n) is 2.39. The zero-order chi connectivity index (χ0) is 14.5. The maximum absolute atomic E-state index is 3.72. The molecule has 2 rings (SSSR count). The number of nitrogens with one attached hydrogen (secondary N) is 1. The Labute approximate surface area is 138 Å². The van der Waals surface area contributed by atoms with Gasteiger partial charge in [0.15, 0.2) is 0 Å². The van der Waals surface area contributed by atoms with Crippen LogP contribution in [-0.2, 0) is 0 Å². The molecule has 2 aromatic rings. The van der Waals surface area contributed by atoms with E-state index in [2.05, 4.69) is 93.5 Å². The van der Waals surface area contributed by atoms with Crippen molar-refractivity contribution in [2.45, 2.75) is 32.4 Å². The minimum atomic E-state index is 0.300. The van der Waals surface area contributed by atoms with Gasteiger partial charge in [0.05, 0.1) is 0 Å². The van der Waals surface area contributed by atoms with Crippen molar-refractivity contribution in [2.75, 3.05) is 0 Å². The Hall–Kier alpha value is -0.640. The second-order valence-electron chi connectivity index (χ2n) is 4.93. The molecule has 0 aliphatic rings. The Kier molecular flexibility index (Phi) is 5.82. The second-order valence-corrected chi connectivity index (χ2v) is 6.70. The summed E-state index contributed by atoms with van der Waals surface area (Å²) < 4.78 is 2.29. The van der Waals surface area contributed by atoms with Crippen molar-refractivity contribution in [3.8, 4) is 0 Å². The summed E-state index contributed by atoms with van der Waals surface area (Å²) in [7, 11) is 0. The highest BCUT2D eigenvalue weighted by Gasteiger charge is 2.15. The van der Waals surface area contributed by atoms with Crippen molar-refractivity contribution in [2.24, 2.45) is 0 Å². The molecule has 0 aliphatic heterocycles. The average Bonchev–Trinajstić information content (AvgIpc) is 2.45. The highest BCUT2D eigenvalue weighted by Crippen LogP contribution is 2.27. The summed E-state index contributed by atoms with van der Waals surface area (Å²) in [6, 6.07) is 17.6. The quantitative estimate of drug-likeness (QED) is 0.651. The van der Waals surface area contributed by atoms with Crippen LogP contribution in [0.15, 0.2) is 57.5 Å². The molecule has 20 heavy (non-hydrogen) atoms. The molecule has 0 saturated carbocycles. The molecule has 106 valence electrons. The lowest BCUT2D eigenvalue weighted by molar-refractivity contribution is 0.455. The summed E-state index contributed by atoms with van der Waals surface area (Å²) in [5, 5.41) is 3.72. The zero-order valence-electron chi connectivity index (χ0n) is 11.7. The third-order valence-electron chi connectivity index (χ3n) is 3.48. The lowest BCUT2D eigenvalue weighted by atomic mass is 10.0. The van der Waals surface area contributed by atoms with Crippen LogP contribution < -0.4 is 5.32 Å². The molecular weight excluding hydrogens is 378 g/mol. The SMILES string of the molecule is CCC(NC(C)c1ccccc1Br)c1cccc(Br)c1. The maximum Gasteiger partial charge on any atom is 0.0323 e. The van der Waals surface area contributed by atoms with E-state index in [1.807, 2.05) is 6.07 Å². The van der Waals surface area contributed by atoms with Crippen molar-refractivity contribution < 1.29 is 0 Å². The van der Waals surface area contributed by atoms with E-state index in [0.717, 1.165) is 15.4 Å². The van der Waals surface area contributed by atoms with Gasteiger partial charge in [0, 0.05) is 21.0 Å². The van der Waals surface area contributed by atoms with Crippen molar-refractivity contribution in [1.29, 1.82) is 0 Å². The standard InChI is InChI=1S/C17H19Br2N/c1-3-17(13-7-6-8-14(18)11-13)20-12(2)15-9-4-5-10-16(15)19/h4-12,17,20H,3H2,1-2H3. The van der Waals surface area contributed by atoms with Gasteiger partial charge in [-0.1, -0.05) is 69.1 Å². The first-order valence-corrected chi connectivity index (χ1v) is 8.46. The lowest BCUT2D eigenvalue weighted by Gasteiger charge is -2.24. The third-order valence-corrected chi connectivity index (χ3v) is 4.70. The lowest BCUT2D eigenvalue weighted by Crippen LogP contribution is -2.24. The third kappa shape index (κ3) is 3.94. The van der Waals surface area contributed by atoms with Crippen molar-refractivity contribution in [1.82, 2.24) is 5.32 Å². The monoisotopic (exact) mass is 395 g/mol. The Morgan fingerprint density at radius 3 is 2.45 bits per heavy atom. The summed E-state index contributed by atoms with van der Waals surface area (Å²) in [6.07, 6.45) is 1.06. The molecule has 0 bridgehead atoms. The minimum absolute atomic E-state index is 0.300. The van der Waals surface area contributed by atoms with E-state index in [9.17, 15) is 0 Å². The summed E-state index contributed by atoms with van der Waals surface area (Å²) in [4.78, 5) is 0. The van der Waals surface area contributed by atoms with Crippen LogP contribution in [0.2, 0.25) is 0 Å². The normalized spacial score (nSPS) is 14.0. The van der Waals surface area contributed by atoms with Crippen molar-refractivity contribution in [3.05, 3.63) is 68.6 Å². The molecule has 0 spiro atoms. The van der Waals surface area contributed by atoms with Gasteiger partial charge in [-0.05, 0) is 42.7 Å². The first-order valence-electron chi connectivity index (χ1n) is 6.87. The summed E-state index contributed by atoms with van der Waals surface area (Å²) in [5.74, 6) is 0. The van der Waals surface area contributed by atoms with Crippen LogP contribution in [0.1, 0.15) is 43.5 Å². The van der Waals surface area contributed by atoms with E-state index in [4.69, 9.17) is 0 Å². The molecule has 0 saturated heterocycles. The molecule has 0 amide bonds. The number of hydrogen-bond acceptors (Lipinski definition) is 1. The second kappa shape index (κ2) is 7.39. The smallest absolute Gasteiger partial charge is 0.0323 e. The average molecular weight is 397 g/mol. The molecule has 1 nitrogen and oxygen atoms in total. The number of halogens is 2. The molecule has 0 heterocycles.